The van der Waals surface area contributed by atoms with Crippen molar-refractivity contribution in [2.24, 2.45) is 5.73 Å². The van der Waals surface area contributed by atoms with E-state index in [-0.39, 0.29) is 11.9 Å². The number of carbonyl (C=O) groups is 2. The molecule has 1 amide bonds. The lowest BCUT2D eigenvalue weighted by molar-refractivity contribution is -0.122. The van der Waals surface area contributed by atoms with Gasteiger partial charge in [0, 0.05) is 6.54 Å². The molecule has 1 rings (SSSR count). The Balaban J connectivity index is 2.55. The Morgan fingerprint density at radius 2 is 1.94 bits per heavy atom. The molecule has 1 aromatic rings. The van der Waals surface area contributed by atoms with Gasteiger partial charge in [0.25, 0.3) is 0 Å². The van der Waals surface area contributed by atoms with Gasteiger partial charge >= 0.3 is 5.97 Å². The van der Waals surface area contributed by atoms with Crippen molar-refractivity contribution in [3.05, 3.63) is 35.4 Å². The molecule has 0 aliphatic rings. The van der Waals surface area contributed by atoms with Crippen LogP contribution in [0.2, 0.25) is 0 Å². The van der Waals surface area contributed by atoms with Crippen LogP contribution in [0.1, 0.15) is 29.8 Å². The topological polar surface area (TPSA) is 81.4 Å². The number of benzene rings is 1. The van der Waals surface area contributed by atoms with Gasteiger partial charge in [-0.25, -0.2) is 4.79 Å². The van der Waals surface area contributed by atoms with Crippen molar-refractivity contribution in [2.45, 2.75) is 26.4 Å². The molecule has 0 spiro atoms. The smallest absolute Gasteiger partial charge is 0.338 e. The highest BCUT2D eigenvalue weighted by Crippen LogP contribution is 2.06. The Kier molecular flexibility index (Phi) is 5.32. The average molecular weight is 250 g/mol. The first-order valence-corrected chi connectivity index (χ1v) is 5.84. The summed E-state index contributed by atoms with van der Waals surface area (Å²) >= 11 is 0. The highest BCUT2D eigenvalue weighted by molar-refractivity contribution is 5.89. The van der Waals surface area contributed by atoms with Crippen molar-refractivity contribution in [1.29, 1.82) is 0 Å². The lowest BCUT2D eigenvalue weighted by atomic mass is 10.1. The van der Waals surface area contributed by atoms with Crippen LogP contribution in [0.5, 0.6) is 0 Å². The maximum Gasteiger partial charge on any atom is 0.338 e. The van der Waals surface area contributed by atoms with Crippen LogP contribution in [0.4, 0.5) is 0 Å². The molecule has 5 nitrogen and oxygen atoms in total. The molecule has 0 bridgehead atoms. The molecule has 1 atom stereocenters. The second-order valence-corrected chi connectivity index (χ2v) is 3.92. The fourth-order valence-corrected chi connectivity index (χ4v) is 1.32. The van der Waals surface area contributed by atoms with Crippen molar-refractivity contribution in [3.63, 3.8) is 0 Å². The predicted octanol–water partition coefficient (Wildman–Crippen LogP) is 0.827. The maximum absolute atomic E-state index is 11.4. The Labute approximate surface area is 106 Å². The van der Waals surface area contributed by atoms with Gasteiger partial charge in [-0.1, -0.05) is 12.1 Å². The van der Waals surface area contributed by atoms with Crippen LogP contribution in [0.3, 0.4) is 0 Å². The molecule has 0 aliphatic carbocycles. The molecule has 0 unspecified atom stereocenters. The third-order valence-electron chi connectivity index (χ3n) is 2.35. The van der Waals surface area contributed by atoms with Crippen molar-refractivity contribution in [1.82, 2.24) is 5.32 Å². The summed E-state index contributed by atoms with van der Waals surface area (Å²) in [6.45, 7) is 4.13. The normalized spacial score (nSPS) is 11.7. The highest BCUT2D eigenvalue weighted by atomic mass is 16.5. The lowest BCUT2D eigenvalue weighted by Gasteiger charge is -2.08. The van der Waals surface area contributed by atoms with Gasteiger partial charge in [0.05, 0.1) is 18.2 Å². The van der Waals surface area contributed by atoms with Gasteiger partial charge < -0.3 is 15.8 Å². The lowest BCUT2D eigenvalue weighted by Crippen LogP contribution is -2.37. The van der Waals surface area contributed by atoms with Gasteiger partial charge in [0.1, 0.15) is 0 Å². The Morgan fingerprint density at radius 3 is 2.44 bits per heavy atom. The molecule has 0 radical (unpaired) electrons. The SMILES string of the molecule is CCOC(=O)c1ccc(CNC(=O)[C@@H](C)N)cc1. The van der Waals surface area contributed by atoms with Crippen LogP contribution < -0.4 is 11.1 Å². The molecular formula is C13H18N2O3. The van der Waals surface area contributed by atoms with E-state index in [4.69, 9.17) is 10.5 Å². The fourth-order valence-electron chi connectivity index (χ4n) is 1.32. The monoisotopic (exact) mass is 250 g/mol. The highest BCUT2D eigenvalue weighted by Gasteiger charge is 2.08. The zero-order chi connectivity index (χ0) is 13.5. The standard InChI is InChI=1S/C13H18N2O3/c1-3-18-13(17)11-6-4-10(5-7-11)8-15-12(16)9(2)14/h4-7,9H,3,8,14H2,1-2H3,(H,15,16)/t9-/m1/s1. The maximum atomic E-state index is 11.4. The number of hydrogen-bond donors (Lipinski definition) is 2. The Bertz CT molecular complexity index is 413. The molecule has 0 aliphatic heterocycles. The summed E-state index contributed by atoms with van der Waals surface area (Å²) in [5, 5.41) is 2.69. The second kappa shape index (κ2) is 6.76. The quantitative estimate of drug-likeness (QED) is 0.758. The summed E-state index contributed by atoms with van der Waals surface area (Å²) < 4.78 is 4.87. The molecule has 5 heteroatoms. The molecule has 0 saturated carbocycles. The third-order valence-corrected chi connectivity index (χ3v) is 2.35. The molecule has 0 aromatic heterocycles. The van der Waals surface area contributed by atoms with Crippen molar-refractivity contribution in [2.75, 3.05) is 6.61 Å². The van der Waals surface area contributed by atoms with E-state index in [0.29, 0.717) is 18.7 Å². The van der Waals surface area contributed by atoms with Gasteiger partial charge in [-0.05, 0) is 31.5 Å². The summed E-state index contributed by atoms with van der Waals surface area (Å²) in [4.78, 5) is 22.7. The molecule has 3 N–H and O–H groups in total. The van der Waals surface area contributed by atoms with E-state index in [1.807, 2.05) is 0 Å². The van der Waals surface area contributed by atoms with Crippen molar-refractivity contribution in [3.8, 4) is 0 Å². The number of esters is 1. The summed E-state index contributed by atoms with van der Waals surface area (Å²) in [5.41, 5.74) is 6.82. The fraction of sp³-hybridized carbons (Fsp3) is 0.385. The predicted molar refractivity (Wildman–Crippen MR) is 67.9 cm³/mol. The average Bonchev–Trinajstić information content (AvgIpc) is 2.36. The van der Waals surface area contributed by atoms with Gasteiger partial charge in [0.2, 0.25) is 5.91 Å². The number of rotatable bonds is 5. The minimum Gasteiger partial charge on any atom is -0.462 e. The van der Waals surface area contributed by atoms with Gasteiger partial charge in [0.15, 0.2) is 0 Å². The van der Waals surface area contributed by atoms with E-state index in [0.717, 1.165) is 5.56 Å². The number of ether oxygens (including phenoxy) is 1. The van der Waals surface area contributed by atoms with Crippen LogP contribution in [0.25, 0.3) is 0 Å². The van der Waals surface area contributed by atoms with E-state index in [1.54, 1.807) is 38.1 Å². The Morgan fingerprint density at radius 1 is 1.33 bits per heavy atom. The second-order valence-electron chi connectivity index (χ2n) is 3.92. The largest absolute Gasteiger partial charge is 0.462 e. The molecular weight excluding hydrogens is 232 g/mol. The third kappa shape index (κ3) is 4.18. The van der Waals surface area contributed by atoms with E-state index in [1.165, 1.54) is 0 Å². The van der Waals surface area contributed by atoms with E-state index < -0.39 is 6.04 Å². The van der Waals surface area contributed by atoms with Crippen LogP contribution >= 0.6 is 0 Å². The van der Waals surface area contributed by atoms with Crippen LogP contribution in [0.15, 0.2) is 24.3 Å². The molecule has 0 saturated heterocycles. The van der Waals surface area contributed by atoms with Crippen LogP contribution in [0, 0.1) is 0 Å². The first-order valence-electron chi connectivity index (χ1n) is 5.84. The molecule has 18 heavy (non-hydrogen) atoms. The zero-order valence-electron chi connectivity index (χ0n) is 10.6. The zero-order valence-corrected chi connectivity index (χ0v) is 10.6. The van der Waals surface area contributed by atoms with Gasteiger partial charge in [-0.3, -0.25) is 4.79 Å². The summed E-state index contributed by atoms with van der Waals surface area (Å²) in [6, 6.07) is 6.36. The number of nitrogens with one attached hydrogen (secondary N) is 1. The molecule has 98 valence electrons. The summed E-state index contributed by atoms with van der Waals surface area (Å²) in [6.07, 6.45) is 0. The number of amides is 1. The van der Waals surface area contributed by atoms with Crippen molar-refractivity contribution >= 4 is 11.9 Å². The summed E-state index contributed by atoms with van der Waals surface area (Å²) in [5.74, 6) is -0.548. The van der Waals surface area contributed by atoms with E-state index >= 15 is 0 Å². The van der Waals surface area contributed by atoms with E-state index in [9.17, 15) is 9.59 Å². The minimum absolute atomic E-state index is 0.204. The molecule has 0 heterocycles. The van der Waals surface area contributed by atoms with Crippen molar-refractivity contribution < 1.29 is 14.3 Å². The summed E-state index contributed by atoms with van der Waals surface area (Å²) in [7, 11) is 0. The van der Waals surface area contributed by atoms with Gasteiger partial charge in [-0.2, -0.15) is 0 Å². The first kappa shape index (κ1) is 14.2. The van der Waals surface area contributed by atoms with Crippen LogP contribution in [-0.4, -0.2) is 24.5 Å². The van der Waals surface area contributed by atoms with E-state index in [2.05, 4.69) is 5.32 Å². The molecule has 1 aromatic carbocycles. The minimum atomic E-state index is -0.524. The van der Waals surface area contributed by atoms with Crippen LogP contribution in [-0.2, 0) is 16.1 Å². The molecule has 0 fully saturated rings. The number of nitrogens with two attached hydrogens (primary N) is 1. The number of hydrogen-bond acceptors (Lipinski definition) is 4. The van der Waals surface area contributed by atoms with Gasteiger partial charge in [-0.15, -0.1) is 0 Å². The Hall–Kier alpha value is -1.88. The first-order chi connectivity index (χ1) is 8.54. The number of carbonyl (C=O) groups excluding carboxylic acids is 2.